The molecule has 18 heavy (non-hydrogen) atoms. The molecule has 0 aliphatic carbocycles. The van der Waals surface area contributed by atoms with Crippen LogP contribution in [0.4, 0.5) is 11.4 Å². The second-order valence-electron chi connectivity index (χ2n) is 4.84. The van der Waals surface area contributed by atoms with E-state index in [4.69, 9.17) is 5.73 Å². The van der Waals surface area contributed by atoms with Gasteiger partial charge in [-0.05, 0) is 54.6 Å². The van der Waals surface area contributed by atoms with Gasteiger partial charge in [-0.1, -0.05) is 0 Å². The SMILES string of the molecule is CC(C)(CNc1ccc(I)cc1N)NS(C)(=O)=O. The Balaban J connectivity index is 2.70. The summed E-state index contributed by atoms with van der Waals surface area (Å²) in [6, 6.07) is 5.68. The molecule has 7 heteroatoms. The second-order valence-corrected chi connectivity index (χ2v) is 7.84. The van der Waals surface area contributed by atoms with E-state index >= 15 is 0 Å². The second kappa shape index (κ2) is 5.62. The lowest BCUT2D eigenvalue weighted by Gasteiger charge is -2.26. The van der Waals surface area contributed by atoms with Crippen molar-refractivity contribution in [3.05, 3.63) is 21.8 Å². The number of hydrogen-bond donors (Lipinski definition) is 3. The first kappa shape index (κ1) is 15.5. The summed E-state index contributed by atoms with van der Waals surface area (Å²) in [6.07, 6.45) is 1.15. The molecular formula is C11H18IN3O2S. The van der Waals surface area contributed by atoms with Crippen LogP contribution in [0.15, 0.2) is 18.2 Å². The fraction of sp³-hybridized carbons (Fsp3) is 0.455. The third kappa shape index (κ3) is 5.40. The fourth-order valence-electron chi connectivity index (χ4n) is 1.55. The van der Waals surface area contributed by atoms with E-state index in [1.54, 1.807) is 0 Å². The number of rotatable bonds is 5. The third-order valence-electron chi connectivity index (χ3n) is 2.20. The largest absolute Gasteiger partial charge is 0.397 e. The zero-order chi connectivity index (χ0) is 14.0. The van der Waals surface area contributed by atoms with Crippen LogP contribution in [0.1, 0.15) is 13.8 Å². The Labute approximate surface area is 122 Å². The van der Waals surface area contributed by atoms with Gasteiger partial charge in [-0.2, -0.15) is 0 Å². The minimum Gasteiger partial charge on any atom is -0.397 e. The lowest BCUT2D eigenvalue weighted by molar-refractivity contribution is 0.476. The lowest BCUT2D eigenvalue weighted by Crippen LogP contribution is -2.47. The van der Waals surface area contributed by atoms with E-state index in [-0.39, 0.29) is 0 Å². The Bertz CT molecular complexity index is 529. The standard InChI is InChI=1S/C11H18IN3O2S/c1-11(2,15-18(3,16)17)7-14-10-5-4-8(12)6-9(10)13/h4-6,14-15H,7,13H2,1-3H3. The first-order valence-electron chi connectivity index (χ1n) is 5.37. The summed E-state index contributed by atoms with van der Waals surface area (Å²) < 4.78 is 26.0. The van der Waals surface area contributed by atoms with Gasteiger partial charge in [0.05, 0.1) is 17.6 Å². The minimum absolute atomic E-state index is 0.449. The van der Waals surface area contributed by atoms with E-state index < -0.39 is 15.6 Å². The highest BCUT2D eigenvalue weighted by atomic mass is 127. The Morgan fingerprint density at radius 3 is 2.50 bits per heavy atom. The van der Waals surface area contributed by atoms with Crippen LogP contribution in [0.3, 0.4) is 0 Å². The van der Waals surface area contributed by atoms with Crippen molar-refractivity contribution >= 4 is 44.0 Å². The zero-order valence-electron chi connectivity index (χ0n) is 10.6. The number of anilines is 2. The molecule has 0 spiro atoms. The molecule has 102 valence electrons. The minimum atomic E-state index is -3.23. The molecule has 0 fully saturated rings. The normalized spacial score (nSPS) is 12.4. The number of nitrogen functional groups attached to an aromatic ring is 1. The van der Waals surface area contributed by atoms with Gasteiger partial charge in [0.15, 0.2) is 0 Å². The quantitative estimate of drug-likeness (QED) is 0.533. The van der Waals surface area contributed by atoms with Crippen molar-refractivity contribution in [1.82, 2.24) is 4.72 Å². The summed E-state index contributed by atoms with van der Waals surface area (Å²) in [6.45, 7) is 4.07. The van der Waals surface area contributed by atoms with Gasteiger partial charge >= 0.3 is 0 Å². The lowest BCUT2D eigenvalue weighted by atomic mass is 10.1. The van der Waals surface area contributed by atoms with E-state index in [2.05, 4.69) is 32.6 Å². The highest BCUT2D eigenvalue weighted by molar-refractivity contribution is 14.1. The van der Waals surface area contributed by atoms with E-state index in [1.165, 1.54) is 0 Å². The van der Waals surface area contributed by atoms with E-state index in [1.807, 2.05) is 32.0 Å². The van der Waals surface area contributed by atoms with Gasteiger partial charge in [0.25, 0.3) is 0 Å². The molecule has 0 atom stereocenters. The summed E-state index contributed by atoms with van der Waals surface area (Å²) in [4.78, 5) is 0. The first-order chi connectivity index (χ1) is 8.09. The zero-order valence-corrected chi connectivity index (χ0v) is 13.6. The van der Waals surface area contributed by atoms with Crippen LogP contribution in [0, 0.1) is 3.57 Å². The molecule has 1 aromatic carbocycles. The molecule has 0 radical (unpaired) electrons. The smallest absolute Gasteiger partial charge is 0.209 e. The molecule has 0 aromatic heterocycles. The molecule has 1 aromatic rings. The maximum Gasteiger partial charge on any atom is 0.209 e. The van der Waals surface area contributed by atoms with Crippen molar-refractivity contribution in [3.63, 3.8) is 0 Å². The maximum atomic E-state index is 11.2. The van der Waals surface area contributed by atoms with E-state index in [0.717, 1.165) is 15.5 Å². The van der Waals surface area contributed by atoms with Crippen molar-refractivity contribution in [2.45, 2.75) is 19.4 Å². The summed E-state index contributed by atoms with van der Waals surface area (Å²) in [5, 5.41) is 3.15. The summed E-state index contributed by atoms with van der Waals surface area (Å²) in [5.41, 5.74) is 6.75. The maximum absolute atomic E-state index is 11.2. The fourth-order valence-corrected chi connectivity index (χ4v) is 3.14. The van der Waals surface area contributed by atoms with Crippen LogP contribution in [-0.2, 0) is 10.0 Å². The molecular weight excluding hydrogens is 365 g/mol. The molecule has 0 aliphatic heterocycles. The number of hydrogen-bond acceptors (Lipinski definition) is 4. The van der Waals surface area contributed by atoms with Gasteiger partial charge in [-0.3, -0.25) is 0 Å². The molecule has 0 saturated carbocycles. The van der Waals surface area contributed by atoms with Gasteiger partial charge in [0.1, 0.15) is 0 Å². The summed E-state index contributed by atoms with van der Waals surface area (Å²) in [7, 11) is -3.23. The van der Waals surface area contributed by atoms with Crippen LogP contribution in [0.25, 0.3) is 0 Å². The van der Waals surface area contributed by atoms with Crippen molar-refractivity contribution in [2.75, 3.05) is 23.9 Å². The Morgan fingerprint density at radius 2 is 2.00 bits per heavy atom. The molecule has 0 aliphatic rings. The third-order valence-corrected chi connectivity index (χ3v) is 3.79. The topological polar surface area (TPSA) is 84.2 Å². The Hall–Kier alpha value is -0.540. The van der Waals surface area contributed by atoms with Crippen LogP contribution < -0.4 is 15.8 Å². The molecule has 0 unspecified atom stereocenters. The van der Waals surface area contributed by atoms with Gasteiger partial charge in [-0.15, -0.1) is 0 Å². The Morgan fingerprint density at radius 1 is 1.39 bits per heavy atom. The molecule has 1 rings (SSSR count). The monoisotopic (exact) mass is 383 g/mol. The van der Waals surface area contributed by atoms with Gasteiger partial charge < -0.3 is 11.1 Å². The average molecular weight is 383 g/mol. The van der Waals surface area contributed by atoms with Crippen molar-refractivity contribution in [2.24, 2.45) is 0 Å². The number of benzene rings is 1. The predicted molar refractivity (Wildman–Crippen MR) is 84.1 cm³/mol. The van der Waals surface area contributed by atoms with Crippen LogP contribution in [0.2, 0.25) is 0 Å². The van der Waals surface area contributed by atoms with E-state index in [9.17, 15) is 8.42 Å². The molecule has 0 heterocycles. The number of nitrogens with two attached hydrogens (primary N) is 1. The number of halogens is 1. The first-order valence-corrected chi connectivity index (χ1v) is 8.34. The molecule has 5 nitrogen and oxygen atoms in total. The molecule has 0 saturated heterocycles. The molecule has 0 bridgehead atoms. The number of nitrogens with one attached hydrogen (secondary N) is 2. The Kier molecular flexibility index (Phi) is 4.84. The summed E-state index contributed by atoms with van der Waals surface area (Å²) >= 11 is 2.19. The highest BCUT2D eigenvalue weighted by Crippen LogP contribution is 2.21. The van der Waals surface area contributed by atoms with Gasteiger partial charge in [0.2, 0.25) is 10.0 Å². The highest BCUT2D eigenvalue weighted by Gasteiger charge is 2.21. The van der Waals surface area contributed by atoms with Crippen LogP contribution in [-0.4, -0.2) is 26.8 Å². The van der Waals surface area contributed by atoms with Crippen molar-refractivity contribution in [3.8, 4) is 0 Å². The summed E-state index contributed by atoms with van der Waals surface area (Å²) in [5.74, 6) is 0. The van der Waals surface area contributed by atoms with Crippen molar-refractivity contribution in [1.29, 1.82) is 0 Å². The average Bonchev–Trinajstić information content (AvgIpc) is 2.12. The number of sulfonamides is 1. The van der Waals surface area contributed by atoms with Gasteiger partial charge in [-0.25, -0.2) is 13.1 Å². The van der Waals surface area contributed by atoms with Crippen molar-refractivity contribution < 1.29 is 8.42 Å². The van der Waals surface area contributed by atoms with E-state index in [0.29, 0.717) is 12.2 Å². The van der Waals surface area contributed by atoms with Gasteiger partial charge in [0, 0.05) is 15.7 Å². The molecule has 4 N–H and O–H groups in total. The van der Waals surface area contributed by atoms with Crippen LogP contribution >= 0.6 is 22.6 Å². The molecule has 0 amide bonds. The van der Waals surface area contributed by atoms with Crippen LogP contribution in [0.5, 0.6) is 0 Å². The predicted octanol–water partition coefficient (Wildman–Crippen LogP) is 1.61.